The fourth-order valence-electron chi connectivity index (χ4n) is 8.17. The fraction of sp³-hybridized carbons (Fsp3) is 0.941. The van der Waals surface area contributed by atoms with Crippen LogP contribution in [0.4, 0.5) is 0 Å². The molecular formula is C51H101NO5. The predicted octanol–water partition coefficient (Wildman–Crippen LogP) is 14.1. The van der Waals surface area contributed by atoms with Gasteiger partial charge in [-0.2, -0.15) is 0 Å². The highest BCUT2D eigenvalue weighted by molar-refractivity contribution is 5.80. The summed E-state index contributed by atoms with van der Waals surface area (Å²) in [5, 5.41) is 43.8. The topological polar surface area (TPSA) is 110 Å². The number of carbonyl (C=O) groups is 1. The maximum absolute atomic E-state index is 12.5. The molecule has 4 atom stereocenters. The van der Waals surface area contributed by atoms with Crippen molar-refractivity contribution in [3.8, 4) is 0 Å². The summed E-state index contributed by atoms with van der Waals surface area (Å²) in [5.74, 6) is -0.588. The summed E-state index contributed by atoms with van der Waals surface area (Å²) in [5.41, 5.74) is 0. The third-order valence-electron chi connectivity index (χ3n) is 12.2. The molecule has 0 bridgehead atoms. The molecule has 0 aliphatic rings. The van der Waals surface area contributed by atoms with E-state index in [0.717, 1.165) is 38.5 Å². The molecule has 1 amide bonds. The van der Waals surface area contributed by atoms with Crippen LogP contribution in [0.15, 0.2) is 12.2 Å². The van der Waals surface area contributed by atoms with E-state index >= 15 is 0 Å². The van der Waals surface area contributed by atoms with Crippen molar-refractivity contribution >= 4 is 5.91 Å². The molecule has 0 rings (SSSR count). The molecular weight excluding hydrogens is 707 g/mol. The lowest BCUT2D eigenvalue weighted by Crippen LogP contribution is -2.53. The molecule has 0 saturated heterocycles. The van der Waals surface area contributed by atoms with E-state index in [9.17, 15) is 25.2 Å². The second kappa shape index (κ2) is 46.1. The number of hydrogen-bond donors (Lipinski definition) is 5. The molecule has 4 unspecified atom stereocenters. The summed E-state index contributed by atoms with van der Waals surface area (Å²) in [7, 11) is 0. The average molecular weight is 808 g/mol. The Labute approximate surface area is 355 Å². The smallest absolute Gasteiger partial charge is 0.249 e. The summed E-state index contributed by atoms with van der Waals surface area (Å²) in [6.45, 7) is 4.06. The van der Waals surface area contributed by atoms with E-state index in [1.54, 1.807) is 0 Å². The normalized spacial score (nSPS) is 14.0. The summed E-state index contributed by atoms with van der Waals surface area (Å²) in [6, 6.07) is -0.997. The zero-order valence-corrected chi connectivity index (χ0v) is 38.4. The summed E-state index contributed by atoms with van der Waals surface area (Å²) < 4.78 is 0. The molecule has 0 aromatic rings. The number of unbranched alkanes of at least 4 members (excludes halogenated alkanes) is 36. The van der Waals surface area contributed by atoms with Gasteiger partial charge in [0.15, 0.2) is 0 Å². The number of nitrogens with one attached hydrogen (secondary N) is 1. The molecule has 0 aromatic carbocycles. The maximum Gasteiger partial charge on any atom is 0.249 e. The van der Waals surface area contributed by atoms with Gasteiger partial charge >= 0.3 is 0 Å². The van der Waals surface area contributed by atoms with E-state index in [4.69, 9.17) is 0 Å². The zero-order valence-electron chi connectivity index (χ0n) is 38.4. The Balaban J connectivity index is 3.61. The number of rotatable bonds is 47. The van der Waals surface area contributed by atoms with Crippen molar-refractivity contribution in [2.45, 2.75) is 301 Å². The fourth-order valence-corrected chi connectivity index (χ4v) is 8.17. The lowest BCUT2D eigenvalue weighted by molar-refractivity contribution is -0.132. The van der Waals surface area contributed by atoms with Crippen LogP contribution in [0.25, 0.3) is 0 Å². The largest absolute Gasteiger partial charge is 0.394 e. The Morgan fingerprint density at radius 2 is 0.719 bits per heavy atom. The molecule has 0 saturated carbocycles. The van der Waals surface area contributed by atoms with Crippen molar-refractivity contribution in [1.29, 1.82) is 0 Å². The van der Waals surface area contributed by atoms with E-state index in [-0.39, 0.29) is 0 Å². The summed E-state index contributed by atoms with van der Waals surface area (Å²) in [6.07, 6.45) is 52.7. The van der Waals surface area contributed by atoms with E-state index in [1.165, 1.54) is 212 Å². The van der Waals surface area contributed by atoms with Gasteiger partial charge in [-0.3, -0.25) is 4.79 Å². The Bertz CT molecular complexity index is 821. The van der Waals surface area contributed by atoms with Crippen LogP contribution in [0, 0.1) is 0 Å². The minimum absolute atomic E-state index is 0.368. The van der Waals surface area contributed by atoms with Crippen molar-refractivity contribution in [3.63, 3.8) is 0 Å². The van der Waals surface area contributed by atoms with Crippen molar-refractivity contribution < 1.29 is 25.2 Å². The van der Waals surface area contributed by atoms with E-state index in [0.29, 0.717) is 12.8 Å². The number of aliphatic hydroxyl groups is 4. The van der Waals surface area contributed by atoms with Gasteiger partial charge in [-0.25, -0.2) is 0 Å². The molecule has 6 heteroatoms. The highest BCUT2D eigenvalue weighted by Crippen LogP contribution is 2.17. The van der Waals surface area contributed by atoms with Gasteiger partial charge in [0.05, 0.1) is 18.8 Å². The molecule has 0 heterocycles. The SMILES string of the molecule is CCCCCCCCCCC/C=C/CCCC(O)C(O)C(CO)NC(=O)C(O)CCCCCCCCCCCCCCCCCCCCCCCCCCCCC. The van der Waals surface area contributed by atoms with Gasteiger partial charge in [-0.15, -0.1) is 0 Å². The van der Waals surface area contributed by atoms with Gasteiger partial charge in [0.1, 0.15) is 12.2 Å². The van der Waals surface area contributed by atoms with Gasteiger partial charge in [-0.1, -0.05) is 251 Å². The van der Waals surface area contributed by atoms with E-state index in [1.807, 2.05) is 0 Å². The standard InChI is InChI=1S/C51H101NO5/c1-3-5-7-9-11-13-15-17-19-20-21-22-23-24-25-26-27-28-29-30-31-33-35-37-39-41-43-45-49(55)51(57)52-47(46-53)50(56)48(54)44-42-40-38-36-34-32-18-16-14-12-10-8-6-4-2/h36,38,47-50,53-56H,3-35,37,39-46H2,1-2H3,(H,52,57)/b38-36+. The molecule has 6 nitrogen and oxygen atoms in total. The summed E-state index contributed by atoms with van der Waals surface area (Å²) >= 11 is 0. The first-order chi connectivity index (χ1) is 28.0. The number of aliphatic hydroxyl groups excluding tert-OH is 4. The van der Waals surface area contributed by atoms with Crippen LogP contribution >= 0.6 is 0 Å². The highest BCUT2D eigenvalue weighted by atomic mass is 16.3. The van der Waals surface area contributed by atoms with Gasteiger partial charge in [0.25, 0.3) is 0 Å². The third-order valence-corrected chi connectivity index (χ3v) is 12.2. The van der Waals surface area contributed by atoms with Crippen molar-refractivity contribution in [2.24, 2.45) is 0 Å². The van der Waals surface area contributed by atoms with E-state index < -0.39 is 36.9 Å². The first-order valence-corrected chi connectivity index (χ1v) is 25.6. The second-order valence-electron chi connectivity index (χ2n) is 17.9. The van der Waals surface area contributed by atoms with Crippen molar-refractivity contribution in [2.75, 3.05) is 6.61 Å². The molecule has 340 valence electrons. The Hall–Kier alpha value is -0.950. The second-order valence-corrected chi connectivity index (χ2v) is 17.9. The Morgan fingerprint density at radius 3 is 1.05 bits per heavy atom. The number of amides is 1. The molecule has 5 N–H and O–H groups in total. The maximum atomic E-state index is 12.5. The minimum atomic E-state index is -1.28. The molecule has 57 heavy (non-hydrogen) atoms. The van der Waals surface area contributed by atoms with Gasteiger partial charge in [0, 0.05) is 0 Å². The number of hydrogen-bond acceptors (Lipinski definition) is 5. The van der Waals surface area contributed by atoms with Crippen LogP contribution in [-0.4, -0.2) is 57.3 Å². The number of carbonyl (C=O) groups excluding carboxylic acids is 1. The Kier molecular flexibility index (Phi) is 45.4. The quantitative estimate of drug-likeness (QED) is 0.0311. The molecule has 0 aliphatic carbocycles. The lowest BCUT2D eigenvalue weighted by atomic mass is 10.00. The molecule has 0 fully saturated rings. The van der Waals surface area contributed by atoms with E-state index in [2.05, 4.69) is 31.3 Å². The average Bonchev–Trinajstić information content (AvgIpc) is 3.22. The lowest BCUT2D eigenvalue weighted by Gasteiger charge is -2.27. The third kappa shape index (κ3) is 40.2. The predicted molar refractivity (Wildman–Crippen MR) is 247 cm³/mol. The molecule has 0 aromatic heterocycles. The van der Waals surface area contributed by atoms with Crippen molar-refractivity contribution in [1.82, 2.24) is 5.32 Å². The van der Waals surface area contributed by atoms with Gasteiger partial charge < -0.3 is 25.7 Å². The monoisotopic (exact) mass is 808 g/mol. The zero-order chi connectivity index (χ0) is 41.7. The van der Waals surface area contributed by atoms with Crippen LogP contribution in [0.3, 0.4) is 0 Å². The van der Waals surface area contributed by atoms with Crippen LogP contribution in [0.2, 0.25) is 0 Å². The minimum Gasteiger partial charge on any atom is -0.394 e. The van der Waals surface area contributed by atoms with Crippen LogP contribution in [0.1, 0.15) is 277 Å². The first-order valence-electron chi connectivity index (χ1n) is 25.6. The van der Waals surface area contributed by atoms with Gasteiger partial charge in [0.2, 0.25) is 5.91 Å². The van der Waals surface area contributed by atoms with Crippen LogP contribution in [0.5, 0.6) is 0 Å². The molecule has 0 spiro atoms. The van der Waals surface area contributed by atoms with Crippen LogP contribution in [-0.2, 0) is 4.79 Å². The highest BCUT2D eigenvalue weighted by Gasteiger charge is 2.28. The number of allylic oxidation sites excluding steroid dienone is 2. The van der Waals surface area contributed by atoms with Crippen molar-refractivity contribution in [3.05, 3.63) is 12.2 Å². The van der Waals surface area contributed by atoms with Crippen LogP contribution < -0.4 is 5.32 Å². The van der Waals surface area contributed by atoms with Gasteiger partial charge in [-0.05, 0) is 38.5 Å². The molecule has 0 radical (unpaired) electrons. The Morgan fingerprint density at radius 1 is 0.421 bits per heavy atom. The molecule has 0 aliphatic heterocycles. The summed E-state index contributed by atoms with van der Waals surface area (Å²) in [4.78, 5) is 12.5. The first kappa shape index (κ1) is 56.0.